The third-order valence-electron chi connectivity index (χ3n) is 6.05. The van der Waals surface area contributed by atoms with Crippen LogP contribution < -0.4 is 9.47 Å². The molecule has 43 heavy (non-hydrogen) atoms. The van der Waals surface area contributed by atoms with Crippen molar-refractivity contribution in [3.8, 4) is 11.5 Å². The van der Waals surface area contributed by atoms with Crippen LogP contribution in [0.5, 0.6) is 11.5 Å². The van der Waals surface area contributed by atoms with Crippen molar-refractivity contribution < 1.29 is 38.0 Å². The quantitative estimate of drug-likeness (QED) is 0.0995. The Morgan fingerprint density at radius 2 is 1.00 bits per heavy atom. The molecule has 0 amide bonds. The first-order valence-corrected chi connectivity index (χ1v) is 14.8. The fraction of sp³-hybridized carbons (Fsp3) is 0.419. The highest BCUT2D eigenvalue weighted by atomic mass is 35.5. The van der Waals surface area contributed by atoms with E-state index in [9.17, 15) is 9.59 Å². The number of rotatable bonds is 16. The van der Waals surface area contributed by atoms with Crippen molar-refractivity contribution in [1.29, 1.82) is 0 Å². The number of hydrogen-bond acceptors (Lipinski definition) is 8. The van der Waals surface area contributed by atoms with Gasteiger partial charge in [-0.15, -0.1) is 0 Å². The smallest absolute Gasteiger partial charge is 0.335 e. The first kappa shape index (κ1) is 36.7. The molecule has 0 aliphatic rings. The van der Waals surface area contributed by atoms with Crippen LogP contribution in [0.2, 0.25) is 20.1 Å². The monoisotopic (exact) mass is 676 g/mol. The van der Waals surface area contributed by atoms with E-state index < -0.39 is 29.9 Å². The van der Waals surface area contributed by atoms with E-state index in [4.69, 9.17) is 74.8 Å². The first-order valence-electron chi connectivity index (χ1n) is 13.3. The highest BCUT2D eigenvalue weighted by Gasteiger charge is 2.29. The highest BCUT2D eigenvalue weighted by Crippen LogP contribution is 2.44. The fourth-order valence-electron chi connectivity index (χ4n) is 3.63. The average Bonchev–Trinajstić information content (AvgIpc) is 2.91. The van der Waals surface area contributed by atoms with Crippen LogP contribution in [-0.2, 0) is 34.0 Å². The fourth-order valence-corrected chi connectivity index (χ4v) is 4.82. The number of carbonyl (C=O) groups is 2. The molecule has 0 radical (unpaired) electrons. The van der Waals surface area contributed by atoms with Crippen molar-refractivity contribution in [3.05, 3.63) is 79.8 Å². The molecule has 0 aromatic heterocycles. The van der Waals surface area contributed by atoms with Crippen molar-refractivity contribution in [3.63, 3.8) is 0 Å². The van der Waals surface area contributed by atoms with Crippen LogP contribution in [0.4, 0.5) is 0 Å². The summed E-state index contributed by atoms with van der Waals surface area (Å²) in [4.78, 5) is 23.8. The van der Waals surface area contributed by atoms with Crippen LogP contribution in [0.25, 0.3) is 0 Å². The lowest BCUT2D eigenvalue weighted by molar-refractivity contribution is -0.180. The number of halogens is 4. The number of benzene rings is 2. The lowest BCUT2D eigenvalue weighted by atomic mass is 9.78. The summed E-state index contributed by atoms with van der Waals surface area (Å²) in [6.45, 7) is 17.9. The molecule has 2 unspecified atom stereocenters. The molecule has 8 nitrogen and oxygen atoms in total. The Morgan fingerprint density at radius 3 is 1.26 bits per heavy atom. The van der Waals surface area contributed by atoms with Gasteiger partial charge in [0, 0.05) is 29.8 Å². The van der Waals surface area contributed by atoms with Crippen molar-refractivity contribution in [2.75, 3.05) is 26.4 Å². The van der Waals surface area contributed by atoms with Gasteiger partial charge in [0.25, 0.3) is 0 Å². The van der Waals surface area contributed by atoms with Crippen LogP contribution in [0.1, 0.15) is 52.7 Å². The number of carbonyl (C=O) groups excluding carboxylic acids is 2. The van der Waals surface area contributed by atoms with Gasteiger partial charge in [-0.25, -0.2) is 9.59 Å². The van der Waals surface area contributed by atoms with Crippen LogP contribution in [0, 0.1) is 0 Å². The Morgan fingerprint density at radius 1 is 0.698 bits per heavy atom. The Kier molecular flexibility index (Phi) is 14.2. The molecule has 0 bridgehead atoms. The van der Waals surface area contributed by atoms with E-state index in [1.54, 1.807) is 38.1 Å². The summed E-state index contributed by atoms with van der Waals surface area (Å²) in [6.07, 6.45) is -1.96. The van der Waals surface area contributed by atoms with E-state index in [1.807, 2.05) is 13.8 Å². The summed E-state index contributed by atoms with van der Waals surface area (Å²) in [5.41, 5.74) is 1.27. The summed E-state index contributed by atoms with van der Waals surface area (Å²) in [7, 11) is 0. The predicted molar refractivity (Wildman–Crippen MR) is 169 cm³/mol. The molecule has 0 spiro atoms. The molecule has 0 aliphatic carbocycles. The molecule has 2 aromatic carbocycles. The van der Waals surface area contributed by atoms with E-state index in [0.717, 1.165) is 11.1 Å². The third kappa shape index (κ3) is 10.3. The van der Waals surface area contributed by atoms with E-state index >= 15 is 0 Å². The standard InChI is InChI=1S/C31H36Cl4O8/c1-9-38-25(42-29(36)17(3)4)15-40-27-21(32)11-19(12-22(27)33)31(7,8)20-13-23(34)28(24(35)14-20)41-16-26(39-10-2)43-30(37)18(5)6/h11-14,25-26H,3,5,9-10,15-16H2,1-2,4,6-8H3. The van der Waals surface area contributed by atoms with E-state index in [1.165, 1.54) is 13.8 Å². The third-order valence-corrected chi connectivity index (χ3v) is 7.17. The minimum Gasteiger partial charge on any atom is -0.484 e. The molecule has 0 saturated heterocycles. The van der Waals surface area contributed by atoms with Crippen molar-refractivity contribution in [2.45, 2.75) is 59.5 Å². The predicted octanol–water partition coefficient (Wildman–Crippen LogP) is 8.35. The summed E-state index contributed by atoms with van der Waals surface area (Å²) >= 11 is 26.3. The summed E-state index contributed by atoms with van der Waals surface area (Å²) in [5, 5.41) is 0.946. The van der Waals surface area contributed by atoms with Gasteiger partial charge in [0.1, 0.15) is 0 Å². The first-order chi connectivity index (χ1) is 20.1. The van der Waals surface area contributed by atoms with Crippen LogP contribution in [-0.4, -0.2) is 50.9 Å². The molecule has 12 heteroatoms. The maximum Gasteiger partial charge on any atom is 0.335 e. The molecule has 0 saturated carbocycles. The SMILES string of the molecule is C=C(C)C(=O)OC(COc1c(Cl)cc(C(C)(C)c2cc(Cl)c(OCC(OCC)OC(=O)C(=C)C)c(Cl)c2)cc1Cl)OCC. The van der Waals surface area contributed by atoms with Gasteiger partial charge < -0.3 is 28.4 Å². The lowest BCUT2D eigenvalue weighted by Crippen LogP contribution is -2.28. The van der Waals surface area contributed by atoms with Gasteiger partial charge in [-0.1, -0.05) is 73.4 Å². The zero-order valence-electron chi connectivity index (χ0n) is 25.0. The number of ether oxygens (including phenoxy) is 6. The number of hydrogen-bond donors (Lipinski definition) is 0. The summed E-state index contributed by atoms with van der Waals surface area (Å²) in [6, 6.07) is 6.86. The lowest BCUT2D eigenvalue weighted by Gasteiger charge is -2.28. The second-order valence-electron chi connectivity index (χ2n) is 9.93. The summed E-state index contributed by atoms with van der Waals surface area (Å²) < 4.78 is 33.0. The largest absolute Gasteiger partial charge is 0.484 e. The molecule has 0 aliphatic heterocycles. The van der Waals surface area contributed by atoms with Gasteiger partial charge in [0.2, 0.25) is 12.6 Å². The normalized spacial score (nSPS) is 12.7. The van der Waals surface area contributed by atoms with Crippen LogP contribution in [0.15, 0.2) is 48.6 Å². The topological polar surface area (TPSA) is 89.5 Å². The van der Waals surface area contributed by atoms with Gasteiger partial charge in [-0.3, -0.25) is 0 Å². The Balaban J connectivity index is 2.26. The van der Waals surface area contributed by atoms with Crippen LogP contribution in [0.3, 0.4) is 0 Å². The van der Waals surface area contributed by atoms with E-state index in [0.29, 0.717) is 0 Å². The maximum atomic E-state index is 11.9. The average molecular weight is 678 g/mol. The minimum absolute atomic E-state index is 0.141. The number of esters is 2. The van der Waals surface area contributed by atoms with Gasteiger partial charge in [0.15, 0.2) is 24.7 Å². The molecule has 236 valence electrons. The molecular weight excluding hydrogens is 642 g/mol. The molecule has 2 rings (SSSR count). The molecule has 0 fully saturated rings. The molecule has 2 atom stereocenters. The zero-order valence-corrected chi connectivity index (χ0v) is 28.0. The second kappa shape index (κ2) is 16.6. The van der Waals surface area contributed by atoms with Crippen molar-refractivity contribution >= 4 is 58.3 Å². The summed E-state index contributed by atoms with van der Waals surface area (Å²) in [5.74, 6) is -0.805. The van der Waals surface area contributed by atoms with E-state index in [2.05, 4.69) is 13.2 Å². The molecule has 0 N–H and O–H groups in total. The Bertz CT molecular complexity index is 1200. The second-order valence-corrected chi connectivity index (χ2v) is 11.6. The van der Waals surface area contributed by atoms with Gasteiger partial charge >= 0.3 is 11.9 Å². The highest BCUT2D eigenvalue weighted by molar-refractivity contribution is 6.38. The molecular formula is C31H36Cl4O8. The maximum absolute atomic E-state index is 11.9. The zero-order chi connectivity index (χ0) is 32.5. The molecule has 2 aromatic rings. The van der Waals surface area contributed by atoms with Gasteiger partial charge in [0.05, 0.1) is 20.1 Å². The molecule has 0 heterocycles. The van der Waals surface area contributed by atoms with E-state index in [-0.39, 0.29) is 69.2 Å². The van der Waals surface area contributed by atoms with Gasteiger partial charge in [-0.2, -0.15) is 0 Å². The Labute approximate surface area is 272 Å². The minimum atomic E-state index is -0.982. The van der Waals surface area contributed by atoms with Crippen LogP contribution >= 0.6 is 46.4 Å². The van der Waals surface area contributed by atoms with Crippen molar-refractivity contribution in [2.24, 2.45) is 0 Å². The van der Waals surface area contributed by atoms with Gasteiger partial charge in [-0.05, 0) is 63.1 Å². The van der Waals surface area contributed by atoms with Crippen molar-refractivity contribution in [1.82, 2.24) is 0 Å². The Hall–Kier alpha value is -2.46.